The van der Waals surface area contributed by atoms with Crippen LogP contribution < -0.4 is 5.32 Å². The van der Waals surface area contributed by atoms with Gasteiger partial charge in [0, 0.05) is 25.6 Å². The van der Waals surface area contributed by atoms with E-state index in [0.29, 0.717) is 19.4 Å². The molecule has 0 aromatic heterocycles. The van der Waals surface area contributed by atoms with Crippen LogP contribution in [0.2, 0.25) is 0 Å². The first-order valence-electron chi connectivity index (χ1n) is 7.54. The van der Waals surface area contributed by atoms with Crippen molar-refractivity contribution < 1.29 is 18.0 Å². The van der Waals surface area contributed by atoms with Gasteiger partial charge in [-0.05, 0) is 38.6 Å². The Morgan fingerprint density at radius 1 is 1.25 bits per heavy atom. The average molecular weight is 292 g/mol. The quantitative estimate of drug-likeness (QED) is 0.790. The number of likely N-dealkylation sites (tertiary alicyclic amines) is 1. The fraction of sp³-hybridized carbons (Fsp3) is 0.929. The van der Waals surface area contributed by atoms with Gasteiger partial charge in [-0.2, -0.15) is 13.2 Å². The summed E-state index contributed by atoms with van der Waals surface area (Å²) in [5.41, 5.74) is 0. The van der Waals surface area contributed by atoms with Crippen LogP contribution in [-0.4, -0.2) is 42.7 Å². The summed E-state index contributed by atoms with van der Waals surface area (Å²) >= 11 is 0. The lowest BCUT2D eigenvalue weighted by molar-refractivity contribution is -0.183. The second kappa shape index (κ2) is 6.78. The van der Waals surface area contributed by atoms with Crippen molar-refractivity contribution >= 4 is 5.91 Å². The molecule has 1 N–H and O–H groups in total. The first-order valence-corrected chi connectivity index (χ1v) is 7.54. The summed E-state index contributed by atoms with van der Waals surface area (Å²) in [5, 5.41) is 3.22. The molecule has 116 valence electrons. The largest absolute Gasteiger partial charge is 0.391 e. The zero-order valence-electron chi connectivity index (χ0n) is 11.7. The van der Waals surface area contributed by atoms with Crippen molar-refractivity contribution in [2.75, 3.05) is 19.6 Å². The lowest BCUT2D eigenvalue weighted by Crippen LogP contribution is -2.39. The molecule has 0 bridgehead atoms. The highest BCUT2D eigenvalue weighted by Crippen LogP contribution is 2.37. The predicted molar refractivity (Wildman–Crippen MR) is 70.2 cm³/mol. The van der Waals surface area contributed by atoms with Gasteiger partial charge in [-0.1, -0.05) is 6.42 Å². The molecule has 20 heavy (non-hydrogen) atoms. The number of nitrogens with one attached hydrogen (secondary N) is 1. The maximum absolute atomic E-state index is 12.7. The van der Waals surface area contributed by atoms with E-state index >= 15 is 0 Å². The van der Waals surface area contributed by atoms with Gasteiger partial charge in [0.25, 0.3) is 0 Å². The molecule has 2 atom stereocenters. The highest BCUT2D eigenvalue weighted by molar-refractivity contribution is 5.77. The van der Waals surface area contributed by atoms with Gasteiger partial charge < -0.3 is 10.2 Å². The van der Waals surface area contributed by atoms with Crippen LogP contribution in [0.5, 0.6) is 0 Å². The van der Waals surface area contributed by atoms with Crippen molar-refractivity contribution in [1.29, 1.82) is 0 Å². The Bertz CT molecular complexity index is 333. The van der Waals surface area contributed by atoms with Gasteiger partial charge in [-0.25, -0.2) is 0 Å². The number of alkyl halides is 3. The molecule has 1 amide bonds. The lowest BCUT2D eigenvalue weighted by atomic mass is 9.85. The molecule has 1 heterocycles. The number of halogens is 3. The van der Waals surface area contributed by atoms with Crippen LogP contribution in [0.4, 0.5) is 13.2 Å². The van der Waals surface area contributed by atoms with E-state index < -0.39 is 12.1 Å². The van der Waals surface area contributed by atoms with E-state index in [1.54, 1.807) is 0 Å². The van der Waals surface area contributed by atoms with Gasteiger partial charge in [-0.15, -0.1) is 0 Å². The maximum atomic E-state index is 12.7. The van der Waals surface area contributed by atoms with Crippen LogP contribution in [0.25, 0.3) is 0 Å². The number of hydrogen-bond donors (Lipinski definition) is 1. The molecule has 0 radical (unpaired) electrons. The number of amides is 1. The summed E-state index contributed by atoms with van der Waals surface area (Å²) in [6, 6.07) is -0.0235. The molecular weight excluding hydrogens is 269 g/mol. The molecule has 0 unspecified atom stereocenters. The molecule has 2 aliphatic rings. The normalized spacial score (nSPS) is 28.1. The molecule has 3 nitrogen and oxygen atoms in total. The Morgan fingerprint density at radius 3 is 2.70 bits per heavy atom. The third-order valence-electron chi connectivity index (χ3n) is 4.35. The van der Waals surface area contributed by atoms with Crippen molar-refractivity contribution in [1.82, 2.24) is 10.2 Å². The van der Waals surface area contributed by atoms with Crippen molar-refractivity contribution in [3.8, 4) is 0 Å². The summed E-state index contributed by atoms with van der Waals surface area (Å²) in [5.74, 6) is -0.936. The van der Waals surface area contributed by atoms with Gasteiger partial charge in [-0.3, -0.25) is 4.79 Å². The summed E-state index contributed by atoms with van der Waals surface area (Å²) in [4.78, 5) is 13.3. The van der Waals surface area contributed by atoms with E-state index in [0.717, 1.165) is 32.4 Å². The highest BCUT2D eigenvalue weighted by Gasteiger charge is 2.41. The minimum absolute atomic E-state index is 0.0235. The Hall–Kier alpha value is -0.780. The topological polar surface area (TPSA) is 32.3 Å². The summed E-state index contributed by atoms with van der Waals surface area (Å²) in [6.07, 6.45) is 0.282. The van der Waals surface area contributed by atoms with Crippen molar-refractivity contribution in [3.05, 3.63) is 0 Å². The molecule has 0 aromatic rings. The van der Waals surface area contributed by atoms with Crippen molar-refractivity contribution in [3.63, 3.8) is 0 Å². The fourth-order valence-corrected chi connectivity index (χ4v) is 3.19. The maximum Gasteiger partial charge on any atom is 0.391 e. The molecule has 2 rings (SSSR count). The highest BCUT2D eigenvalue weighted by atomic mass is 19.4. The van der Waals surface area contributed by atoms with Gasteiger partial charge in [0.15, 0.2) is 0 Å². The van der Waals surface area contributed by atoms with Gasteiger partial charge in [0.05, 0.1) is 5.92 Å². The Balaban J connectivity index is 1.63. The second-order valence-corrected chi connectivity index (χ2v) is 5.89. The minimum Gasteiger partial charge on any atom is -0.343 e. The summed E-state index contributed by atoms with van der Waals surface area (Å²) in [7, 11) is 0. The molecule has 1 saturated carbocycles. The van der Waals surface area contributed by atoms with Crippen LogP contribution >= 0.6 is 0 Å². The minimum atomic E-state index is -4.05. The predicted octanol–water partition coefficient (Wildman–Crippen LogP) is 2.71. The monoisotopic (exact) mass is 292 g/mol. The molecule has 1 aliphatic heterocycles. The zero-order chi connectivity index (χ0) is 14.6. The van der Waals surface area contributed by atoms with Crippen LogP contribution in [0, 0.1) is 5.92 Å². The van der Waals surface area contributed by atoms with Crippen LogP contribution in [0.1, 0.15) is 44.9 Å². The molecule has 2 fully saturated rings. The fourth-order valence-electron chi connectivity index (χ4n) is 3.19. The average Bonchev–Trinajstić information content (AvgIpc) is 2.80. The van der Waals surface area contributed by atoms with E-state index in [2.05, 4.69) is 5.32 Å². The van der Waals surface area contributed by atoms with E-state index in [9.17, 15) is 18.0 Å². The Labute approximate surface area is 117 Å². The van der Waals surface area contributed by atoms with Crippen LogP contribution in [-0.2, 0) is 4.79 Å². The lowest BCUT2D eigenvalue weighted by Gasteiger charge is -2.31. The first-order chi connectivity index (χ1) is 9.47. The Kier molecular flexibility index (Phi) is 5.29. The van der Waals surface area contributed by atoms with E-state index in [4.69, 9.17) is 0 Å². The number of rotatable bonds is 5. The van der Waals surface area contributed by atoms with Gasteiger partial charge in [0.1, 0.15) is 0 Å². The van der Waals surface area contributed by atoms with Crippen molar-refractivity contribution in [2.24, 2.45) is 5.92 Å². The molecule has 1 saturated heterocycles. The van der Waals surface area contributed by atoms with E-state index in [1.165, 1.54) is 0 Å². The Morgan fingerprint density at radius 2 is 2.05 bits per heavy atom. The van der Waals surface area contributed by atoms with Crippen LogP contribution in [0.3, 0.4) is 0 Å². The van der Waals surface area contributed by atoms with Gasteiger partial charge >= 0.3 is 6.18 Å². The molecule has 0 aromatic carbocycles. The van der Waals surface area contributed by atoms with E-state index in [-0.39, 0.29) is 24.8 Å². The third kappa shape index (κ3) is 4.36. The number of carbonyl (C=O) groups is 1. The first kappa shape index (κ1) is 15.6. The molecule has 0 spiro atoms. The molecule has 6 heteroatoms. The summed E-state index contributed by atoms with van der Waals surface area (Å²) < 4.78 is 38.0. The molecule has 1 aliphatic carbocycles. The number of nitrogens with zero attached hydrogens (tertiary/aromatic N) is 1. The van der Waals surface area contributed by atoms with E-state index in [1.807, 2.05) is 4.90 Å². The van der Waals surface area contributed by atoms with Crippen LogP contribution in [0.15, 0.2) is 0 Å². The standard InChI is InChI=1S/C14H23F3N2O/c15-14(16,17)11-4-1-5-12(10-11)18-7-3-9-19-8-2-6-13(19)20/h11-12,18H,1-10H2/t11-,12-/m0/s1. The summed E-state index contributed by atoms with van der Waals surface area (Å²) in [6.45, 7) is 2.25. The SMILES string of the molecule is O=C1CCCN1CCCN[C@H]1CCC[C@H](C(F)(F)F)C1. The number of hydrogen-bond acceptors (Lipinski definition) is 2. The molecular formula is C14H23F3N2O. The van der Waals surface area contributed by atoms with Gasteiger partial charge in [0.2, 0.25) is 5.91 Å². The number of carbonyl (C=O) groups excluding carboxylic acids is 1. The third-order valence-corrected chi connectivity index (χ3v) is 4.35. The van der Waals surface area contributed by atoms with Crippen molar-refractivity contribution in [2.45, 2.75) is 57.2 Å². The second-order valence-electron chi connectivity index (χ2n) is 5.89. The smallest absolute Gasteiger partial charge is 0.343 e. The zero-order valence-corrected chi connectivity index (χ0v) is 11.7.